The number of carbonyl (C=O) groups excluding carboxylic acids is 1. The first-order valence-corrected chi connectivity index (χ1v) is 7.53. The van der Waals surface area contributed by atoms with Gasteiger partial charge in [0.2, 0.25) is 11.7 Å². The molecule has 2 aromatic rings. The van der Waals surface area contributed by atoms with Gasteiger partial charge < -0.3 is 15.2 Å². The molecule has 0 bridgehead atoms. The molecule has 0 radical (unpaired) electrons. The van der Waals surface area contributed by atoms with Gasteiger partial charge in [-0.25, -0.2) is 9.18 Å². The molecule has 0 aliphatic rings. The van der Waals surface area contributed by atoms with E-state index in [0.717, 1.165) is 0 Å². The molecule has 0 saturated carbocycles. The number of urea groups is 1. The van der Waals surface area contributed by atoms with Crippen molar-refractivity contribution in [1.29, 1.82) is 0 Å². The lowest BCUT2D eigenvalue weighted by molar-refractivity contribution is 0.228. The van der Waals surface area contributed by atoms with E-state index >= 15 is 0 Å². The van der Waals surface area contributed by atoms with Crippen LogP contribution in [-0.2, 0) is 0 Å². The van der Waals surface area contributed by atoms with Gasteiger partial charge in [-0.05, 0) is 44.0 Å². The fourth-order valence-corrected chi connectivity index (χ4v) is 1.80. The lowest BCUT2D eigenvalue weighted by atomic mass is 10.1. The molecule has 1 heterocycles. The maximum absolute atomic E-state index is 12.9. The Morgan fingerprint density at radius 1 is 1.13 bits per heavy atom. The number of aromatic nitrogens is 2. The maximum atomic E-state index is 12.9. The van der Waals surface area contributed by atoms with Gasteiger partial charge in [-0.15, -0.1) is 0 Å². The molecule has 2 amide bonds. The van der Waals surface area contributed by atoms with Crippen molar-refractivity contribution in [2.75, 3.05) is 0 Å². The molecule has 1 aromatic carbocycles. The van der Waals surface area contributed by atoms with Crippen LogP contribution in [0.2, 0.25) is 0 Å². The van der Waals surface area contributed by atoms with Gasteiger partial charge in [-0.2, -0.15) is 4.98 Å². The van der Waals surface area contributed by atoms with E-state index in [1.807, 2.05) is 20.8 Å². The van der Waals surface area contributed by atoms with Gasteiger partial charge in [0.1, 0.15) is 11.9 Å². The van der Waals surface area contributed by atoms with E-state index in [4.69, 9.17) is 4.52 Å². The van der Waals surface area contributed by atoms with Gasteiger partial charge in [-0.3, -0.25) is 0 Å². The second-order valence-corrected chi connectivity index (χ2v) is 5.84. The van der Waals surface area contributed by atoms with Crippen LogP contribution in [0.4, 0.5) is 9.18 Å². The molecule has 0 aliphatic carbocycles. The third kappa shape index (κ3) is 4.51. The van der Waals surface area contributed by atoms with Crippen LogP contribution < -0.4 is 10.6 Å². The van der Waals surface area contributed by atoms with E-state index in [2.05, 4.69) is 20.8 Å². The standard InChI is InChI=1S/C16H21FN4O2/c1-9(2)10(3)18-16(22)19-11(4)15-20-14(21-23-15)12-5-7-13(17)8-6-12/h5-11H,1-4H3,(H2,18,19,22)/t10-,11+/m1/s1. The second-order valence-electron chi connectivity index (χ2n) is 5.84. The van der Waals surface area contributed by atoms with E-state index in [1.165, 1.54) is 12.1 Å². The minimum Gasteiger partial charge on any atom is -0.337 e. The molecular weight excluding hydrogens is 299 g/mol. The number of benzene rings is 1. The van der Waals surface area contributed by atoms with Crippen molar-refractivity contribution in [2.45, 2.75) is 39.8 Å². The van der Waals surface area contributed by atoms with Crippen molar-refractivity contribution >= 4 is 6.03 Å². The Labute approximate surface area is 134 Å². The summed E-state index contributed by atoms with van der Waals surface area (Å²) in [6.07, 6.45) is 0. The molecule has 2 rings (SSSR count). The van der Waals surface area contributed by atoms with Crippen LogP contribution in [0.25, 0.3) is 11.4 Å². The third-order valence-electron chi connectivity index (χ3n) is 3.62. The van der Waals surface area contributed by atoms with Crippen molar-refractivity contribution < 1.29 is 13.7 Å². The lowest BCUT2D eigenvalue weighted by Gasteiger charge is -2.19. The molecule has 0 unspecified atom stereocenters. The molecule has 7 heteroatoms. The van der Waals surface area contributed by atoms with Gasteiger partial charge in [0.05, 0.1) is 0 Å². The predicted molar refractivity (Wildman–Crippen MR) is 84.1 cm³/mol. The number of hydrogen-bond donors (Lipinski definition) is 2. The van der Waals surface area contributed by atoms with Gasteiger partial charge >= 0.3 is 6.03 Å². The quantitative estimate of drug-likeness (QED) is 0.886. The van der Waals surface area contributed by atoms with Crippen LogP contribution in [0.15, 0.2) is 28.8 Å². The Balaban J connectivity index is 1.99. The first-order valence-electron chi connectivity index (χ1n) is 7.53. The zero-order valence-electron chi connectivity index (χ0n) is 13.6. The van der Waals surface area contributed by atoms with E-state index in [-0.39, 0.29) is 23.8 Å². The van der Waals surface area contributed by atoms with Crippen LogP contribution in [0.5, 0.6) is 0 Å². The molecule has 0 saturated heterocycles. The van der Waals surface area contributed by atoms with Crippen LogP contribution >= 0.6 is 0 Å². The van der Waals surface area contributed by atoms with Crippen LogP contribution in [0.3, 0.4) is 0 Å². The molecular formula is C16H21FN4O2. The van der Waals surface area contributed by atoms with Crippen LogP contribution in [-0.4, -0.2) is 22.2 Å². The van der Waals surface area contributed by atoms with Crippen molar-refractivity contribution in [3.8, 4) is 11.4 Å². The number of nitrogens with one attached hydrogen (secondary N) is 2. The average Bonchev–Trinajstić information content (AvgIpc) is 2.97. The van der Waals surface area contributed by atoms with Crippen molar-refractivity contribution in [2.24, 2.45) is 5.92 Å². The maximum Gasteiger partial charge on any atom is 0.315 e. The Bertz CT molecular complexity index is 654. The Kier molecular flexibility index (Phi) is 5.31. The number of rotatable bonds is 5. The van der Waals surface area contributed by atoms with Crippen molar-refractivity contribution in [3.05, 3.63) is 36.0 Å². The number of carbonyl (C=O) groups is 1. The SMILES string of the molecule is CC(C)[C@@H](C)NC(=O)N[C@@H](C)c1nc(-c2ccc(F)cc2)no1. The summed E-state index contributed by atoms with van der Waals surface area (Å²) in [5.74, 6) is 0.647. The fraction of sp³-hybridized carbons (Fsp3) is 0.438. The zero-order chi connectivity index (χ0) is 17.0. The summed E-state index contributed by atoms with van der Waals surface area (Å²) in [7, 11) is 0. The molecule has 0 fully saturated rings. The minimum atomic E-state index is -0.434. The highest BCUT2D eigenvalue weighted by atomic mass is 19.1. The molecule has 2 atom stereocenters. The number of nitrogens with zero attached hydrogens (tertiary/aromatic N) is 2. The van der Waals surface area contributed by atoms with Crippen LogP contribution in [0, 0.1) is 11.7 Å². The number of amides is 2. The summed E-state index contributed by atoms with van der Waals surface area (Å²) < 4.78 is 18.1. The highest BCUT2D eigenvalue weighted by molar-refractivity contribution is 5.74. The minimum absolute atomic E-state index is 0.0552. The highest BCUT2D eigenvalue weighted by Gasteiger charge is 2.18. The third-order valence-corrected chi connectivity index (χ3v) is 3.62. The normalized spacial score (nSPS) is 13.7. The van der Waals surface area contributed by atoms with E-state index in [0.29, 0.717) is 17.3 Å². The monoisotopic (exact) mass is 320 g/mol. The summed E-state index contributed by atoms with van der Waals surface area (Å²) in [5.41, 5.74) is 0.645. The molecule has 2 N–H and O–H groups in total. The first-order chi connectivity index (χ1) is 10.9. The fourth-order valence-electron chi connectivity index (χ4n) is 1.80. The van der Waals surface area contributed by atoms with Crippen molar-refractivity contribution in [3.63, 3.8) is 0 Å². The predicted octanol–water partition coefficient (Wildman–Crippen LogP) is 3.28. The summed E-state index contributed by atoms with van der Waals surface area (Å²) in [6.45, 7) is 7.75. The van der Waals surface area contributed by atoms with Gasteiger partial charge in [0.25, 0.3) is 0 Å². The summed E-state index contributed by atoms with van der Waals surface area (Å²) >= 11 is 0. The Morgan fingerprint density at radius 2 is 1.78 bits per heavy atom. The van der Waals surface area contributed by atoms with Crippen molar-refractivity contribution in [1.82, 2.24) is 20.8 Å². The van der Waals surface area contributed by atoms with Crippen LogP contribution in [0.1, 0.15) is 39.6 Å². The first kappa shape index (κ1) is 16.9. The zero-order valence-corrected chi connectivity index (χ0v) is 13.6. The Hall–Kier alpha value is -2.44. The molecule has 124 valence electrons. The second kappa shape index (κ2) is 7.21. The average molecular weight is 320 g/mol. The molecule has 23 heavy (non-hydrogen) atoms. The van der Waals surface area contributed by atoms with E-state index in [1.54, 1.807) is 19.1 Å². The van der Waals surface area contributed by atoms with E-state index < -0.39 is 6.04 Å². The summed E-state index contributed by atoms with van der Waals surface area (Å²) in [5, 5.41) is 9.45. The summed E-state index contributed by atoms with van der Waals surface area (Å²) in [6, 6.07) is 5.12. The van der Waals surface area contributed by atoms with Gasteiger partial charge in [0, 0.05) is 11.6 Å². The highest BCUT2D eigenvalue weighted by Crippen LogP contribution is 2.18. The molecule has 0 spiro atoms. The molecule has 1 aromatic heterocycles. The number of hydrogen-bond acceptors (Lipinski definition) is 4. The van der Waals surface area contributed by atoms with Gasteiger partial charge in [0.15, 0.2) is 0 Å². The smallest absolute Gasteiger partial charge is 0.315 e. The number of halogens is 1. The largest absolute Gasteiger partial charge is 0.337 e. The molecule has 0 aliphatic heterocycles. The topological polar surface area (TPSA) is 80.0 Å². The van der Waals surface area contributed by atoms with Gasteiger partial charge in [-0.1, -0.05) is 19.0 Å². The molecule has 6 nitrogen and oxygen atoms in total. The summed E-state index contributed by atoms with van der Waals surface area (Å²) in [4.78, 5) is 16.1. The lowest BCUT2D eigenvalue weighted by Crippen LogP contribution is -2.43. The van der Waals surface area contributed by atoms with E-state index in [9.17, 15) is 9.18 Å². The Morgan fingerprint density at radius 3 is 2.39 bits per heavy atom.